The molecule has 0 spiro atoms. The molecular weight excluding hydrogens is 160 g/mol. The number of halogens is 2. The summed E-state index contributed by atoms with van der Waals surface area (Å²) < 4.78 is 25.5. The van der Waals surface area contributed by atoms with Gasteiger partial charge in [-0.05, 0) is 31.1 Å². The highest BCUT2D eigenvalue weighted by Crippen LogP contribution is 2.46. The summed E-state index contributed by atoms with van der Waals surface area (Å²) in [4.78, 5) is 0. The molecule has 0 bridgehead atoms. The van der Waals surface area contributed by atoms with Gasteiger partial charge in [0.05, 0.1) is 0 Å². The first kappa shape index (κ1) is 8.42. The molecule has 2 aliphatic rings. The van der Waals surface area contributed by atoms with Gasteiger partial charge in [0.1, 0.15) is 0 Å². The molecule has 1 nitrogen and oxygen atoms in total. The molecule has 2 saturated carbocycles. The minimum Gasteiger partial charge on any atom is -0.327 e. The lowest BCUT2D eigenvalue weighted by Crippen LogP contribution is -2.26. The molecule has 0 aliphatic heterocycles. The van der Waals surface area contributed by atoms with Crippen LogP contribution in [-0.2, 0) is 0 Å². The molecule has 0 saturated heterocycles. The summed E-state index contributed by atoms with van der Waals surface area (Å²) in [5, 5.41) is 0. The molecule has 70 valence electrons. The van der Waals surface area contributed by atoms with Crippen molar-refractivity contribution in [3.05, 3.63) is 0 Å². The minimum atomic E-state index is -2.38. The van der Waals surface area contributed by atoms with Crippen molar-refractivity contribution in [2.45, 2.75) is 44.1 Å². The lowest BCUT2D eigenvalue weighted by Gasteiger charge is -2.28. The molecule has 0 aromatic heterocycles. The van der Waals surface area contributed by atoms with E-state index in [2.05, 4.69) is 0 Å². The fourth-order valence-electron chi connectivity index (χ4n) is 2.27. The molecule has 0 amide bonds. The third-order valence-electron chi connectivity index (χ3n) is 3.26. The van der Waals surface area contributed by atoms with Gasteiger partial charge in [-0.15, -0.1) is 0 Å². The maximum Gasteiger partial charge on any atom is 0.248 e. The first-order valence-corrected chi connectivity index (χ1v) is 4.72. The van der Waals surface area contributed by atoms with Gasteiger partial charge in [-0.3, -0.25) is 0 Å². The van der Waals surface area contributed by atoms with E-state index in [4.69, 9.17) is 5.73 Å². The molecular formula is C9H15F2N. The van der Waals surface area contributed by atoms with Crippen molar-refractivity contribution < 1.29 is 8.78 Å². The second kappa shape index (κ2) is 2.66. The molecule has 2 atom stereocenters. The van der Waals surface area contributed by atoms with Crippen molar-refractivity contribution in [1.29, 1.82) is 0 Å². The Balaban J connectivity index is 1.83. The highest BCUT2D eigenvalue weighted by Gasteiger charge is 2.44. The molecule has 0 aromatic rings. The van der Waals surface area contributed by atoms with Crippen molar-refractivity contribution >= 4 is 0 Å². The van der Waals surface area contributed by atoms with Crippen LogP contribution in [0, 0.1) is 11.8 Å². The van der Waals surface area contributed by atoms with Gasteiger partial charge in [-0.25, -0.2) is 8.78 Å². The van der Waals surface area contributed by atoms with Gasteiger partial charge in [-0.1, -0.05) is 0 Å². The maximum atomic E-state index is 12.7. The zero-order valence-electron chi connectivity index (χ0n) is 7.10. The van der Waals surface area contributed by atoms with E-state index in [0.717, 1.165) is 6.42 Å². The minimum absolute atomic E-state index is 0.0842. The highest BCUT2D eigenvalue weighted by atomic mass is 19.3. The summed E-state index contributed by atoms with van der Waals surface area (Å²) in [7, 11) is 0. The number of nitrogens with two attached hydrogens (primary N) is 1. The predicted octanol–water partition coefficient (Wildman–Crippen LogP) is 2.16. The van der Waals surface area contributed by atoms with E-state index in [1.54, 1.807) is 0 Å². The Morgan fingerprint density at radius 3 is 2.08 bits per heavy atom. The van der Waals surface area contributed by atoms with Crippen LogP contribution in [0.2, 0.25) is 0 Å². The molecule has 2 rings (SSSR count). The van der Waals surface area contributed by atoms with Crippen LogP contribution in [0.15, 0.2) is 0 Å². The first-order chi connectivity index (χ1) is 5.58. The molecule has 0 heterocycles. The van der Waals surface area contributed by atoms with E-state index in [9.17, 15) is 8.78 Å². The lowest BCUT2D eigenvalue weighted by atomic mass is 9.83. The molecule has 12 heavy (non-hydrogen) atoms. The Morgan fingerprint density at radius 1 is 1.17 bits per heavy atom. The molecule has 2 aliphatic carbocycles. The molecule has 0 radical (unpaired) electrons. The molecule has 2 N–H and O–H groups in total. The van der Waals surface area contributed by atoms with Gasteiger partial charge in [0.25, 0.3) is 0 Å². The molecule has 3 heteroatoms. The number of hydrogen-bond acceptors (Lipinski definition) is 1. The van der Waals surface area contributed by atoms with E-state index in [1.807, 2.05) is 0 Å². The van der Waals surface area contributed by atoms with Crippen LogP contribution in [-0.4, -0.2) is 12.0 Å². The van der Waals surface area contributed by atoms with Crippen LogP contribution in [0.25, 0.3) is 0 Å². The second-order valence-corrected chi connectivity index (χ2v) is 4.26. The first-order valence-electron chi connectivity index (χ1n) is 4.72. The second-order valence-electron chi connectivity index (χ2n) is 4.26. The Kier molecular flexibility index (Phi) is 1.86. The maximum absolute atomic E-state index is 12.7. The third kappa shape index (κ3) is 1.60. The summed E-state index contributed by atoms with van der Waals surface area (Å²) in [6, 6.07) is 0.321. The van der Waals surface area contributed by atoms with E-state index in [1.165, 1.54) is 0 Å². The molecule has 0 aromatic carbocycles. The van der Waals surface area contributed by atoms with Crippen LogP contribution in [0.1, 0.15) is 32.1 Å². The quantitative estimate of drug-likeness (QED) is 0.649. The number of hydrogen-bond donors (Lipinski definition) is 1. The van der Waals surface area contributed by atoms with Crippen LogP contribution in [0.5, 0.6) is 0 Å². The lowest BCUT2D eigenvalue weighted by molar-refractivity contribution is -0.0481. The van der Waals surface area contributed by atoms with Gasteiger partial charge >= 0.3 is 0 Å². The van der Waals surface area contributed by atoms with Gasteiger partial charge in [0.15, 0.2) is 0 Å². The van der Waals surface area contributed by atoms with Gasteiger partial charge in [-0.2, -0.15) is 0 Å². The molecule has 0 unspecified atom stereocenters. The summed E-state index contributed by atoms with van der Waals surface area (Å²) in [5.74, 6) is -1.31. The fraction of sp³-hybridized carbons (Fsp3) is 1.00. The average Bonchev–Trinajstić information content (AvgIpc) is 2.67. The Morgan fingerprint density at radius 2 is 1.67 bits per heavy atom. The third-order valence-corrected chi connectivity index (χ3v) is 3.26. The normalized spacial score (nSPS) is 41.2. The van der Waals surface area contributed by atoms with Crippen LogP contribution in [0.3, 0.4) is 0 Å². The zero-order chi connectivity index (χ0) is 8.77. The Bertz CT molecular complexity index is 171. The van der Waals surface area contributed by atoms with Crippen molar-refractivity contribution in [2.24, 2.45) is 17.6 Å². The molecule has 2 fully saturated rings. The summed E-state index contributed by atoms with van der Waals surface area (Å²) >= 11 is 0. The number of rotatable bonds is 1. The Labute approximate surface area is 71.3 Å². The van der Waals surface area contributed by atoms with E-state index in [-0.39, 0.29) is 12.8 Å². The van der Waals surface area contributed by atoms with Crippen molar-refractivity contribution in [3.8, 4) is 0 Å². The smallest absolute Gasteiger partial charge is 0.248 e. The summed E-state index contributed by atoms with van der Waals surface area (Å²) in [5.41, 5.74) is 5.68. The summed E-state index contributed by atoms with van der Waals surface area (Å²) in [6.45, 7) is 0. The van der Waals surface area contributed by atoms with Crippen LogP contribution in [0.4, 0.5) is 8.78 Å². The van der Waals surface area contributed by atoms with Crippen LogP contribution >= 0.6 is 0 Å². The van der Waals surface area contributed by atoms with E-state index >= 15 is 0 Å². The van der Waals surface area contributed by atoms with Crippen molar-refractivity contribution in [2.75, 3.05) is 0 Å². The zero-order valence-corrected chi connectivity index (χ0v) is 7.10. The van der Waals surface area contributed by atoms with Crippen LogP contribution < -0.4 is 5.73 Å². The van der Waals surface area contributed by atoms with E-state index < -0.39 is 5.92 Å². The number of alkyl halides is 2. The Hall–Kier alpha value is -0.180. The van der Waals surface area contributed by atoms with E-state index in [0.29, 0.717) is 30.7 Å². The standard InChI is InChI=1S/C9H15F2N/c10-9(11)3-1-6(2-4-9)7-5-8(7)12/h6-8H,1-5,12H2/t7-,8+/m0/s1. The van der Waals surface area contributed by atoms with Gasteiger partial charge in [0, 0.05) is 18.9 Å². The van der Waals surface area contributed by atoms with Crippen molar-refractivity contribution in [1.82, 2.24) is 0 Å². The van der Waals surface area contributed by atoms with Crippen molar-refractivity contribution in [3.63, 3.8) is 0 Å². The highest BCUT2D eigenvalue weighted by molar-refractivity contribution is 4.96. The summed E-state index contributed by atoms with van der Waals surface area (Å²) in [6.07, 6.45) is 2.61. The fourth-order valence-corrected chi connectivity index (χ4v) is 2.27. The van der Waals surface area contributed by atoms with Gasteiger partial charge in [0.2, 0.25) is 5.92 Å². The monoisotopic (exact) mass is 175 g/mol. The largest absolute Gasteiger partial charge is 0.327 e. The average molecular weight is 175 g/mol. The topological polar surface area (TPSA) is 26.0 Å². The SMILES string of the molecule is N[C@@H]1C[C@H]1C1CCC(F)(F)CC1. The van der Waals surface area contributed by atoms with Gasteiger partial charge < -0.3 is 5.73 Å². The predicted molar refractivity (Wildman–Crippen MR) is 43.0 cm³/mol.